The van der Waals surface area contributed by atoms with E-state index in [0.29, 0.717) is 16.1 Å². The first-order valence-corrected chi connectivity index (χ1v) is 7.58. The van der Waals surface area contributed by atoms with E-state index in [1.807, 2.05) is 0 Å². The molecule has 0 aromatic heterocycles. The summed E-state index contributed by atoms with van der Waals surface area (Å²) in [5.74, 6) is -0.802. The Kier molecular flexibility index (Phi) is 5.39. The van der Waals surface area contributed by atoms with Gasteiger partial charge < -0.3 is 5.32 Å². The molecular weight excluding hydrogens is 377 g/mol. The van der Waals surface area contributed by atoms with Gasteiger partial charge in [-0.1, -0.05) is 39.1 Å². The van der Waals surface area contributed by atoms with Crippen LogP contribution in [0.2, 0.25) is 5.02 Å². The third-order valence-corrected chi connectivity index (χ3v) is 3.81. The molecule has 1 unspecified atom stereocenters. The van der Waals surface area contributed by atoms with Crippen LogP contribution in [0.5, 0.6) is 0 Å². The molecule has 2 aromatic carbocycles. The van der Waals surface area contributed by atoms with Crippen molar-refractivity contribution in [1.29, 1.82) is 0 Å². The molecule has 0 bridgehead atoms. The molecule has 0 saturated heterocycles. The molecule has 0 fully saturated rings. The van der Waals surface area contributed by atoms with Crippen LogP contribution in [0.15, 0.2) is 53.0 Å². The molecule has 108 valence electrons. The van der Waals surface area contributed by atoms with Crippen LogP contribution in [0.1, 0.15) is 20.7 Å². The van der Waals surface area contributed by atoms with Crippen LogP contribution in [-0.4, -0.2) is 17.2 Å². The van der Waals surface area contributed by atoms with Gasteiger partial charge in [-0.2, -0.15) is 0 Å². The monoisotopic (exact) mass is 385 g/mol. The average molecular weight is 387 g/mol. The van der Waals surface area contributed by atoms with Gasteiger partial charge in [-0.05, 0) is 48.5 Å². The molecule has 3 nitrogen and oxygen atoms in total. The molecule has 2 rings (SSSR count). The van der Waals surface area contributed by atoms with E-state index >= 15 is 0 Å². The second kappa shape index (κ2) is 7.07. The van der Waals surface area contributed by atoms with Crippen molar-refractivity contribution in [2.75, 3.05) is 0 Å². The Morgan fingerprint density at radius 2 is 1.48 bits per heavy atom. The highest BCUT2D eigenvalue weighted by atomic mass is 79.9. The van der Waals surface area contributed by atoms with Crippen molar-refractivity contribution in [2.24, 2.45) is 0 Å². The number of amides is 1. The first-order valence-electron chi connectivity index (χ1n) is 5.97. The van der Waals surface area contributed by atoms with Crippen molar-refractivity contribution in [3.05, 3.63) is 69.2 Å². The summed E-state index contributed by atoms with van der Waals surface area (Å²) in [5.41, 5.74) is -0.328. The number of hydrogen-bond acceptors (Lipinski definition) is 2. The summed E-state index contributed by atoms with van der Waals surface area (Å²) in [5, 5.41) is 2.98. The number of ketones is 1. The highest BCUT2D eigenvalue weighted by Crippen LogP contribution is 2.14. The zero-order chi connectivity index (χ0) is 15.4. The molecule has 0 radical (unpaired) electrons. The second-order valence-electron chi connectivity index (χ2n) is 4.21. The summed E-state index contributed by atoms with van der Waals surface area (Å²) in [4.78, 5) is 24.1. The molecule has 0 heterocycles. The van der Waals surface area contributed by atoms with E-state index in [9.17, 15) is 9.59 Å². The molecular formula is C15H10BrCl2NO2. The Hall–Kier alpha value is -1.36. The number of carbonyl (C=O) groups is 2. The van der Waals surface area contributed by atoms with Gasteiger partial charge in [0.1, 0.15) is 0 Å². The van der Waals surface area contributed by atoms with Gasteiger partial charge in [-0.15, -0.1) is 0 Å². The lowest BCUT2D eigenvalue weighted by Crippen LogP contribution is -2.36. The molecule has 6 heteroatoms. The third kappa shape index (κ3) is 4.30. The van der Waals surface area contributed by atoms with Crippen LogP contribution >= 0.6 is 39.1 Å². The molecule has 21 heavy (non-hydrogen) atoms. The van der Waals surface area contributed by atoms with Crippen molar-refractivity contribution < 1.29 is 9.59 Å². The van der Waals surface area contributed by atoms with Gasteiger partial charge in [0.05, 0.1) is 0 Å². The lowest BCUT2D eigenvalue weighted by atomic mass is 10.1. The van der Waals surface area contributed by atoms with Crippen molar-refractivity contribution in [2.45, 2.75) is 5.50 Å². The third-order valence-electron chi connectivity index (χ3n) is 2.72. The van der Waals surface area contributed by atoms with E-state index in [0.717, 1.165) is 4.47 Å². The predicted octanol–water partition coefficient (Wildman–Crippen LogP) is 4.28. The highest BCUT2D eigenvalue weighted by Gasteiger charge is 2.20. The van der Waals surface area contributed by atoms with Crippen LogP contribution in [-0.2, 0) is 0 Å². The number of carbonyl (C=O) groups excluding carboxylic acids is 2. The summed E-state index contributed by atoms with van der Waals surface area (Å²) >= 11 is 15.0. The summed E-state index contributed by atoms with van der Waals surface area (Å²) in [6.45, 7) is 0. The fourth-order valence-electron chi connectivity index (χ4n) is 1.63. The lowest BCUT2D eigenvalue weighted by Gasteiger charge is -2.11. The fourth-order valence-corrected chi connectivity index (χ4v) is 2.24. The smallest absolute Gasteiger partial charge is 0.252 e. The van der Waals surface area contributed by atoms with E-state index in [2.05, 4.69) is 21.2 Å². The zero-order valence-corrected chi connectivity index (χ0v) is 13.7. The highest BCUT2D eigenvalue weighted by molar-refractivity contribution is 9.10. The van der Waals surface area contributed by atoms with E-state index in [1.165, 1.54) is 0 Å². The van der Waals surface area contributed by atoms with Crippen molar-refractivity contribution >= 4 is 50.8 Å². The number of alkyl halides is 1. The van der Waals surface area contributed by atoms with Crippen LogP contribution in [0.4, 0.5) is 0 Å². The Balaban J connectivity index is 2.05. The van der Waals surface area contributed by atoms with E-state index in [4.69, 9.17) is 23.2 Å². The summed E-state index contributed by atoms with van der Waals surface area (Å²) < 4.78 is 0.860. The number of halogens is 3. The van der Waals surface area contributed by atoms with Crippen molar-refractivity contribution in [3.8, 4) is 0 Å². The lowest BCUT2D eigenvalue weighted by molar-refractivity contribution is 0.0889. The average Bonchev–Trinajstić information content (AvgIpc) is 2.47. The van der Waals surface area contributed by atoms with Gasteiger partial charge in [-0.25, -0.2) is 0 Å². The van der Waals surface area contributed by atoms with Gasteiger partial charge in [0.2, 0.25) is 0 Å². The molecule has 2 aromatic rings. The van der Waals surface area contributed by atoms with Crippen LogP contribution < -0.4 is 5.32 Å². The molecule has 1 atom stereocenters. The Bertz CT molecular complexity index is 656. The van der Waals surface area contributed by atoms with Gasteiger partial charge >= 0.3 is 0 Å². The van der Waals surface area contributed by atoms with Gasteiger partial charge in [0.25, 0.3) is 5.91 Å². The van der Waals surface area contributed by atoms with Gasteiger partial charge in [0, 0.05) is 20.6 Å². The summed E-state index contributed by atoms with van der Waals surface area (Å²) in [6.07, 6.45) is 0. The molecule has 1 N–H and O–H groups in total. The number of hydrogen-bond donors (Lipinski definition) is 1. The van der Waals surface area contributed by atoms with Gasteiger partial charge in [-0.3, -0.25) is 9.59 Å². The Labute approximate surface area is 140 Å². The predicted molar refractivity (Wildman–Crippen MR) is 87.0 cm³/mol. The van der Waals surface area contributed by atoms with Crippen molar-refractivity contribution in [3.63, 3.8) is 0 Å². The minimum atomic E-state index is -1.14. The molecule has 0 aliphatic rings. The fraction of sp³-hybridized carbons (Fsp3) is 0.0667. The summed E-state index contributed by atoms with van der Waals surface area (Å²) in [6, 6.07) is 13.0. The van der Waals surface area contributed by atoms with Crippen LogP contribution in [0.3, 0.4) is 0 Å². The maximum Gasteiger partial charge on any atom is 0.252 e. The van der Waals surface area contributed by atoms with Gasteiger partial charge in [0.15, 0.2) is 11.3 Å². The quantitative estimate of drug-likeness (QED) is 0.484. The maximum absolute atomic E-state index is 12.1. The first kappa shape index (κ1) is 16.0. The second-order valence-corrected chi connectivity index (χ2v) is 6.00. The summed E-state index contributed by atoms with van der Waals surface area (Å²) in [7, 11) is 0. The van der Waals surface area contributed by atoms with Crippen LogP contribution in [0.25, 0.3) is 0 Å². The number of rotatable bonds is 4. The topological polar surface area (TPSA) is 46.2 Å². The van der Waals surface area contributed by atoms with Crippen LogP contribution in [0, 0.1) is 0 Å². The van der Waals surface area contributed by atoms with E-state index in [-0.39, 0.29) is 0 Å². The minimum Gasteiger partial charge on any atom is -0.329 e. The molecule has 0 spiro atoms. The molecule has 1 amide bonds. The molecule has 0 saturated carbocycles. The SMILES string of the molecule is O=C(NC(Cl)C(=O)c1ccc(Cl)cc1)c1ccc(Br)cc1. The Morgan fingerprint density at radius 1 is 0.952 bits per heavy atom. The van der Waals surface area contributed by atoms with E-state index < -0.39 is 17.2 Å². The number of nitrogens with one attached hydrogen (secondary N) is 1. The molecule has 0 aliphatic heterocycles. The largest absolute Gasteiger partial charge is 0.329 e. The minimum absolute atomic E-state index is 0.385. The molecule has 0 aliphatic carbocycles. The van der Waals surface area contributed by atoms with E-state index in [1.54, 1.807) is 48.5 Å². The maximum atomic E-state index is 12.1. The Morgan fingerprint density at radius 3 is 2.05 bits per heavy atom. The van der Waals surface area contributed by atoms with Crippen molar-refractivity contribution in [1.82, 2.24) is 5.32 Å². The number of Topliss-reactive ketones (excluding diaryl/α,β-unsaturated/α-hetero) is 1. The normalized spacial score (nSPS) is 11.8. The zero-order valence-electron chi connectivity index (χ0n) is 10.6. The standard InChI is InChI=1S/C15H10BrCl2NO2/c16-11-5-1-10(2-6-11)15(21)19-14(18)13(20)9-3-7-12(17)8-4-9/h1-8,14H,(H,19,21). The number of benzene rings is 2. The first-order chi connectivity index (χ1) is 9.97.